The SMILES string of the molecule is NC(=O)[C@@H]1Cc2ccc(cc2)CNC(=O)/C=C/C(=O)N[C@H]2CC[C@H](CC2)C(=O)N[C@@H](Cc2ccco2)C(=O)NCc2ccccc2CC(=O)N1. The molecule has 262 valence electrons. The predicted octanol–water partition coefficient (Wildman–Crippen LogP) is 1.24. The summed E-state index contributed by atoms with van der Waals surface area (Å²) in [4.78, 5) is 77.2. The molecule has 50 heavy (non-hydrogen) atoms. The minimum atomic E-state index is -0.968. The number of furan rings is 1. The molecule has 1 aliphatic carbocycles. The van der Waals surface area contributed by atoms with E-state index >= 15 is 0 Å². The van der Waals surface area contributed by atoms with Gasteiger partial charge >= 0.3 is 0 Å². The summed E-state index contributed by atoms with van der Waals surface area (Å²) >= 11 is 0. The number of carbonyl (C=O) groups excluding carboxylic acids is 6. The van der Waals surface area contributed by atoms with Crippen molar-refractivity contribution in [1.82, 2.24) is 26.6 Å². The number of nitrogens with two attached hydrogens (primary N) is 1. The van der Waals surface area contributed by atoms with Gasteiger partial charge in [-0.05, 0) is 60.1 Å². The normalized spacial score (nSPS) is 23.6. The van der Waals surface area contributed by atoms with E-state index in [0.717, 1.165) is 11.1 Å². The van der Waals surface area contributed by atoms with Crippen LogP contribution in [0.15, 0.2) is 83.5 Å². The van der Waals surface area contributed by atoms with Gasteiger partial charge in [-0.1, -0.05) is 48.5 Å². The third-order valence-corrected chi connectivity index (χ3v) is 8.98. The summed E-state index contributed by atoms with van der Waals surface area (Å²) in [5, 5.41) is 14.2. The van der Waals surface area contributed by atoms with Crippen molar-refractivity contribution in [3.05, 3.63) is 107 Å². The molecule has 3 aliphatic heterocycles. The second kappa shape index (κ2) is 17.1. The van der Waals surface area contributed by atoms with E-state index in [4.69, 9.17) is 10.2 Å². The van der Waals surface area contributed by atoms with E-state index in [9.17, 15) is 28.8 Å². The fourth-order valence-electron chi connectivity index (χ4n) is 6.16. The fourth-order valence-corrected chi connectivity index (χ4v) is 6.16. The summed E-state index contributed by atoms with van der Waals surface area (Å²) in [6, 6.07) is 15.7. The maximum Gasteiger partial charge on any atom is 0.244 e. The maximum absolute atomic E-state index is 13.5. The molecule has 7 rings (SSSR count). The molecular formula is C37H42N6O7. The molecule has 1 aromatic heterocycles. The zero-order valence-corrected chi connectivity index (χ0v) is 27.6. The predicted molar refractivity (Wildman–Crippen MR) is 182 cm³/mol. The molecule has 4 heterocycles. The summed E-state index contributed by atoms with van der Waals surface area (Å²) < 4.78 is 5.47. The van der Waals surface area contributed by atoms with Gasteiger partial charge in [0, 0.05) is 50.0 Å². The van der Waals surface area contributed by atoms with Crippen LogP contribution in [-0.2, 0) is 61.1 Å². The van der Waals surface area contributed by atoms with Gasteiger partial charge in [0.1, 0.15) is 17.8 Å². The molecule has 0 spiro atoms. The molecule has 2 aromatic carbocycles. The smallest absolute Gasteiger partial charge is 0.244 e. The molecule has 2 atom stereocenters. The van der Waals surface area contributed by atoms with Crippen molar-refractivity contribution in [3.8, 4) is 0 Å². The number of benzene rings is 2. The number of rotatable bonds is 3. The fraction of sp³-hybridized carbons (Fsp3) is 0.351. The van der Waals surface area contributed by atoms with E-state index in [1.54, 1.807) is 60.7 Å². The molecule has 13 nitrogen and oxygen atoms in total. The van der Waals surface area contributed by atoms with Crippen LogP contribution >= 0.6 is 0 Å². The van der Waals surface area contributed by atoms with Gasteiger partial charge in [-0.2, -0.15) is 0 Å². The molecule has 7 N–H and O–H groups in total. The Labute approximate surface area is 289 Å². The average Bonchev–Trinajstić information content (AvgIpc) is 3.62. The molecule has 0 unspecified atom stereocenters. The molecule has 4 bridgehead atoms. The largest absolute Gasteiger partial charge is 0.469 e. The summed E-state index contributed by atoms with van der Waals surface area (Å²) in [6.45, 7) is 0.313. The summed E-state index contributed by atoms with van der Waals surface area (Å²) in [5.41, 5.74) is 8.54. The standard InChI is InChI=1S/C37H42N6O7/c38-35(47)30-18-23-7-9-24(10-8-23)21-39-32(44)15-16-33(45)41-28-13-11-25(12-14-28)36(48)43-31(20-29-6-3-17-50-29)37(49)40-22-27-5-2-1-4-26(27)19-34(46)42-30/h1-10,15-17,25,28,30-31H,11-14,18-22H2,(H2,38,47)(H,39,44)(H,40,49)(H,41,45)(H,42,46)(H,43,48)/b16-15+/t25-,28+,30-,31-/m0/s1. The lowest BCUT2D eigenvalue weighted by Crippen LogP contribution is -2.50. The van der Waals surface area contributed by atoms with Gasteiger partial charge in [0.15, 0.2) is 0 Å². The highest BCUT2D eigenvalue weighted by atomic mass is 16.3. The van der Waals surface area contributed by atoms with E-state index in [1.165, 1.54) is 18.4 Å². The topological polar surface area (TPSA) is 202 Å². The molecule has 3 aromatic rings. The van der Waals surface area contributed by atoms with Gasteiger partial charge in [0.05, 0.1) is 12.7 Å². The van der Waals surface area contributed by atoms with Gasteiger partial charge in [0.2, 0.25) is 35.4 Å². The zero-order chi connectivity index (χ0) is 35.5. The number of carbonyl (C=O) groups is 6. The minimum absolute atomic E-state index is 0.0570. The van der Waals surface area contributed by atoms with Gasteiger partial charge in [-0.15, -0.1) is 0 Å². The van der Waals surface area contributed by atoms with Crippen molar-refractivity contribution >= 4 is 35.4 Å². The van der Waals surface area contributed by atoms with E-state index in [2.05, 4.69) is 26.6 Å². The van der Waals surface area contributed by atoms with Crippen LogP contribution in [-0.4, -0.2) is 53.6 Å². The summed E-state index contributed by atoms with van der Waals surface area (Å²) in [5.74, 6) is -2.45. The van der Waals surface area contributed by atoms with Crippen molar-refractivity contribution in [3.63, 3.8) is 0 Å². The summed E-state index contributed by atoms with van der Waals surface area (Å²) in [6.07, 6.45) is 6.25. The van der Waals surface area contributed by atoms with E-state index in [1.807, 2.05) is 0 Å². The van der Waals surface area contributed by atoms with Crippen molar-refractivity contribution in [2.45, 2.75) is 76.2 Å². The van der Waals surface area contributed by atoms with Gasteiger partial charge < -0.3 is 36.7 Å². The number of amides is 6. The molecule has 4 aliphatic rings. The van der Waals surface area contributed by atoms with Crippen LogP contribution in [0.5, 0.6) is 0 Å². The lowest BCUT2D eigenvalue weighted by molar-refractivity contribution is -0.132. The number of nitrogens with one attached hydrogen (secondary N) is 5. The third kappa shape index (κ3) is 10.4. The molecule has 0 radical (unpaired) electrons. The first-order valence-electron chi connectivity index (χ1n) is 16.7. The Balaban J connectivity index is 1.34. The number of primary amides is 1. The Bertz CT molecular complexity index is 1710. The van der Waals surface area contributed by atoms with E-state index in [-0.39, 0.29) is 50.2 Å². The van der Waals surface area contributed by atoms with Crippen LogP contribution in [0.2, 0.25) is 0 Å². The Morgan fingerprint density at radius 3 is 2.12 bits per heavy atom. The number of hydrogen-bond acceptors (Lipinski definition) is 7. The number of hydrogen-bond donors (Lipinski definition) is 6. The van der Waals surface area contributed by atoms with Crippen LogP contribution in [0.1, 0.15) is 53.7 Å². The van der Waals surface area contributed by atoms with Crippen LogP contribution < -0.4 is 32.3 Å². The highest BCUT2D eigenvalue weighted by Gasteiger charge is 2.30. The van der Waals surface area contributed by atoms with Gasteiger partial charge in [-0.3, -0.25) is 28.8 Å². The average molecular weight is 683 g/mol. The van der Waals surface area contributed by atoms with E-state index in [0.29, 0.717) is 42.6 Å². The molecule has 1 saturated carbocycles. The second-order valence-electron chi connectivity index (χ2n) is 12.7. The molecular weight excluding hydrogens is 640 g/mol. The highest BCUT2D eigenvalue weighted by molar-refractivity contribution is 5.96. The second-order valence-corrected chi connectivity index (χ2v) is 12.7. The first kappa shape index (κ1) is 35.6. The molecule has 13 heteroatoms. The maximum atomic E-state index is 13.5. The Hall–Kier alpha value is -5.72. The zero-order valence-electron chi connectivity index (χ0n) is 27.6. The lowest BCUT2D eigenvalue weighted by atomic mass is 9.85. The quantitative estimate of drug-likeness (QED) is 0.239. The molecule has 0 saturated heterocycles. The van der Waals surface area contributed by atoms with Crippen molar-refractivity contribution < 1.29 is 33.2 Å². The van der Waals surface area contributed by atoms with E-state index < -0.39 is 41.6 Å². The monoisotopic (exact) mass is 682 g/mol. The van der Waals surface area contributed by atoms with Crippen LogP contribution in [0, 0.1) is 5.92 Å². The molecule has 6 amide bonds. The van der Waals surface area contributed by atoms with Crippen LogP contribution in [0.3, 0.4) is 0 Å². The first-order chi connectivity index (χ1) is 24.1. The third-order valence-electron chi connectivity index (χ3n) is 8.98. The molecule has 1 fully saturated rings. The van der Waals surface area contributed by atoms with Crippen molar-refractivity contribution in [2.24, 2.45) is 11.7 Å². The van der Waals surface area contributed by atoms with Crippen molar-refractivity contribution in [2.75, 3.05) is 0 Å². The van der Waals surface area contributed by atoms with Gasteiger partial charge in [-0.25, -0.2) is 0 Å². The Morgan fingerprint density at radius 1 is 0.720 bits per heavy atom. The lowest BCUT2D eigenvalue weighted by Gasteiger charge is -2.29. The number of fused-ring (bicyclic) bond motifs is 2. The van der Waals surface area contributed by atoms with Crippen LogP contribution in [0.4, 0.5) is 0 Å². The van der Waals surface area contributed by atoms with Gasteiger partial charge in [0.25, 0.3) is 0 Å². The van der Waals surface area contributed by atoms with Crippen molar-refractivity contribution in [1.29, 1.82) is 0 Å². The minimum Gasteiger partial charge on any atom is -0.469 e. The Morgan fingerprint density at radius 2 is 1.42 bits per heavy atom. The summed E-state index contributed by atoms with van der Waals surface area (Å²) in [7, 11) is 0. The highest BCUT2D eigenvalue weighted by Crippen LogP contribution is 2.25. The first-order valence-corrected chi connectivity index (χ1v) is 16.7. The van der Waals surface area contributed by atoms with Crippen LogP contribution in [0.25, 0.3) is 0 Å². The Kier molecular flexibility index (Phi) is 12.2.